The Kier molecular flexibility index (Phi) is 7.56. The summed E-state index contributed by atoms with van der Waals surface area (Å²) in [6.45, 7) is 4.34. The number of nitrogens with zero attached hydrogens (tertiary/aromatic N) is 3. The van der Waals surface area contributed by atoms with E-state index in [2.05, 4.69) is 10.00 Å². The molecule has 2 heterocycles. The van der Waals surface area contributed by atoms with Gasteiger partial charge in [0.1, 0.15) is 24.5 Å². The molecule has 33 heavy (non-hydrogen) atoms. The van der Waals surface area contributed by atoms with Gasteiger partial charge in [-0.25, -0.2) is 9.48 Å². The predicted molar refractivity (Wildman–Crippen MR) is 121 cm³/mol. The molecule has 9 heteroatoms. The first kappa shape index (κ1) is 22.8. The van der Waals surface area contributed by atoms with Crippen LogP contribution in [0.1, 0.15) is 10.4 Å². The molecule has 0 amide bonds. The van der Waals surface area contributed by atoms with Crippen LogP contribution in [0.5, 0.6) is 11.6 Å². The fraction of sp³-hybridized carbons (Fsp3) is 0.333. The molecule has 0 radical (unpaired) electrons. The van der Waals surface area contributed by atoms with Crippen LogP contribution in [0.2, 0.25) is 0 Å². The number of aromatic carboxylic acids is 1. The molecule has 1 fully saturated rings. The predicted octanol–water partition coefficient (Wildman–Crippen LogP) is 2.32. The van der Waals surface area contributed by atoms with Crippen molar-refractivity contribution in [3.05, 3.63) is 60.3 Å². The Morgan fingerprint density at radius 3 is 2.27 bits per heavy atom. The SMILES string of the molecule is O=C(O)c1cnn(-c2ccc(-c3ccc(OCCO)cc3)cc2)c1OCCN1CCOCC1. The molecule has 9 nitrogen and oxygen atoms in total. The highest BCUT2D eigenvalue weighted by Gasteiger charge is 2.20. The van der Waals surface area contributed by atoms with Gasteiger partial charge in [0.15, 0.2) is 0 Å². The maximum Gasteiger partial charge on any atom is 0.342 e. The summed E-state index contributed by atoms with van der Waals surface area (Å²) in [5.41, 5.74) is 2.73. The summed E-state index contributed by atoms with van der Waals surface area (Å²) < 4.78 is 18.2. The Morgan fingerprint density at radius 1 is 0.970 bits per heavy atom. The average Bonchev–Trinajstić information content (AvgIpc) is 3.28. The molecule has 174 valence electrons. The van der Waals surface area contributed by atoms with Gasteiger partial charge in [-0.3, -0.25) is 4.90 Å². The van der Waals surface area contributed by atoms with E-state index in [0.717, 1.165) is 24.2 Å². The Hall–Kier alpha value is -3.40. The van der Waals surface area contributed by atoms with Crippen molar-refractivity contribution in [2.75, 3.05) is 52.7 Å². The van der Waals surface area contributed by atoms with Crippen molar-refractivity contribution in [1.82, 2.24) is 14.7 Å². The number of morpholine rings is 1. The number of carboxylic acid groups (broad SMARTS) is 1. The molecule has 4 rings (SSSR count). The minimum atomic E-state index is -1.08. The maximum absolute atomic E-state index is 11.7. The second-order valence-electron chi connectivity index (χ2n) is 7.53. The van der Waals surface area contributed by atoms with Crippen LogP contribution < -0.4 is 9.47 Å². The number of ether oxygens (including phenoxy) is 3. The lowest BCUT2D eigenvalue weighted by atomic mass is 10.1. The number of carboxylic acids is 1. The number of aliphatic hydroxyl groups excluding tert-OH is 1. The average molecular weight is 453 g/mol. The second kappa shape index (κ2) is 11.0. The van der Waals surface area contributed by atoms with Crippen LogP contribution in [0.3, 0.4) is 0 Å². The van der Waals surface area contributed by atoms with E-state index in [1.807, 2.05) is 48.5 Å². The summed E-state index contributed by atoms with van der Waals surface area (Å²) in [5.74, 6) is -0.169. The van der Waals surface area contributed by atoms with Crippen molar-refractivity contribution in [2.24, 2.45) is 0 Å². The Balaban J connectivity index is 1.48. The maximum atomic E-state index is 11.7. The molecule has 0 atom stereocenters. The van der Waals surface area contributed by atoms with Gasteiger partial charge in [0.05, 0.1) is 31.7 Å². The van der Waals surface area contributed by atoms with E-state index in [1.54, 1.807) is 0 Å². The number of benzene rings is 2. The summed E-state index contributed by atoms with van der Waals surface area (Å²) in [6.07, 6.45) is 1.31. The molecule has 1 aliphatic rings. The Labute approximate surface area is 191 Å². The summed E-state index contributed by atoms with van der Waals surface area (Å²) in [5, 5.41) is 22.7. The molecule has 0 bridgehead atoms. The van der Waals surface area contributed by atoms with Gasteiger partial charge in [-0.2, -0.15) is 5.10 Å². The van der Waals surface area contributed by atoms with E-state index in [0.29, 0.717) is 37.8 Å². The molecule has 2 aromatic carbocycles. The fourth-order valence-electron chi connectivity index (χ4n) is 3.61. The smallest absolute Gasteiger partial charge is 0.342 e. The third-order valence-corrected chi connectivity index (χ3v) is 5.37. The van der Waals surface area contributed by atoms with E-state index in [1.165, 1.54) is 10.9 Å². The van der Waals surface area contributed by atoms with Crippen LogP contribution in [-0.2, 0) is 4.74 Å². The molecule has 1 aliphatic heterocycles. The van der Waals surface area contributed by atoms with Crippen molar-refractivity contribution in [1.29, 1.82) is 0 Å². The van der Waals surface area contributed by atoms with Crippen LogP contribution in [0.4, 0.5) is 0 Å². The summed E-state index contributed by atoms with van der Waals surface area (Å²) >= 11 is 0. The molecule has 0 saturated carbocycles. The quantitative estimate of drug-likeness (QED) is 0.482. The highest BCUT2D eigenvalue weighted by Crippen LogP contribution is 2.27. The lowest BCUT2D eigenvalue weighted by molar-refractivity contribution is 0.0317. The summed E-state index contributed by atoms with van der Waals surface area (Å²) in [6, 6.07) is 15.2. The topological polar surface area (TPSA) is 106 Å². The van der Waals surface area contributed by atoms with Crippen molar-refractivity contribution in [3.63, 3.8) is 0 Å². The van der Waals surface area contributed by atoms with Gasteiger partial charge in [0, 0.05) is 19.6 Å². The number of carbonyl (C=O) groups is 1. The number of aromatic nitrogens is 2. The molecule has 1 aromatic heterocycles. The third-order valence-electron chi connectivity index (χ3n) is 5.37. The largest absolute Gasteiger partial charge is 0.491 e. The molecular formula is C24H27N3O6. The lowest BCUT2D eigenvalue weighted by Crippen LogP contribution is -2.38. The molecule has 2 N–H and O–H groups in total. The van der Waals surface area contributed by atoms with Crippen molar-refractivity contribution in [2.45, 2.75) is 0 Å². The molecule has 0 spiro atoms. The molecular weight excluding hydrogens is 426 g/mol. The standard InChI is InChI=1S/C24H27N3O6/c28-12-16-32-21-7-3-19(4-8-21)18-1-5-20(6-2-18)27-23(22(17-25-27)24(29)30)33-15-11-26-9-13-31-14-10-26/h1-8,17,28H,9-16H2,(H,29,30). The normalized spacial score (nSPS) is 14.2. The van der Waals surface area contributed by atoms with Crippen LogP contribution in [0.25, 0.3) is 16.8 Å². The zero-order chi connectivity index (χ0) is 23.0. The van der Waals surface area contributed by atoms with Crippen LogP contribution in [0.15, 0.2) is 54.7 Å². The van der Waals surface area contributed by atoms with Crippen molar-refractivity contribution >= 4 is 5.97 Å². The van der Waals surface area contributed by atoms with Crippen molar-refractivity contribution < 1.29 is 29.2 Å². The number of hydrogen-bond acceptors (Lipinski definition) is 7. The van der Waals surface area contributed by atoms with E-state index in [4.69, 9.17) is 19.3 Å². The molecule has 0 unspecified atom stereocenters. The van der Waals surface area contributed by atoms with Crippen molar-refractivity contribution in [3.8, 4) is 28.4 Å². The van der Waals surface area contributed by atoms with Gasteiger partial charge in [0.25, 0.3) is 0 Å². The van der Waals surface area contributed by atoms with Gasteiger partial charge < -0.3 is 24.4 Å². The molecule has 1 saturated heterocycles. The first-order valence-corrected chi connectivity index (χ1v) is 10.8. The monoisotopic (exact) mass is 453 g/mol. The fourth-order valence-corrected chi connectivity index (χ4v) is 3.61. The molecule has 0 aliphatic carbocycles. The van der Waals surface area contributed by atoms with E-state index >= 15 is 0 Å². The Morgan fingerprint density at radius 2 is 1.64 bits per heavy atom. The van der Waals surface area contributed by atoms with Crippen LogP contribution in [-0.4, -0.2) is 83.5 Å². The lowest BCUT2D eigenvalue weighted by Gasteiger charge is -2.26. The van der Waals surface area contributed by atoms with E-state index < -0.39 is 5.97 Å². The first-order valence-electron chi connectivity index (χ1n) is 10.8. The summed E-state index contributed by atoms with van der Waals surface area (Å²) in [7, 11) is 0. The second-order valence-corrected chi connectivity index (χ2v) is 7.53. The zero-order valence-corrected chi connectivity index (χ0v) is 18.2. The van der Waals surface area contributed by atoms with Gasteiger partial charge in [0.2, 0.25) is 5.88 Å². The van der Waals surface area contributed by atoms with Gasteiger partial charge in [-0.05, 0) is 35.4 Å². The summed E-state index contributed by atoms with van der Waals surface area (Å²) in [4.78, 5) is 13.9. The zero-order valence-electron chi connectivity index (χ0n) is 18.2. The van der Waals surface area contributed by atoms with Crippen LogP contribution >= 0.6 is 0 Å². The Bertz CT molecular complexity index is 1040. The first-order chi connectivity index (χ1) is 16.2. The minimum Gasteiger partial charge on any atom is -0.491 e. The highest BCUT2D eigenvalue weighted by molar-refractivity contribution is 5.90. The third kappa shape index (κ3) is 5.70. The van der Waals surface area contributed by atoms with Crippen LogP contribution in [0, 0.1) is 0 Å². The highest BCUT2D eigenvalue weighted by atomic mass is 16.5. The molecule has 3 aromatic rings. The van der Waals surface area contributed by atoms with Gasteiger partial charge in [-0.15, -0.1) is 0 Å². The minimum absolute atomic E-state index is 0.0273. The number of hydrogen-bond donors (Lipinski definition) is 2. The van der Waals surface area contributed by atoms with E-state index in [-0.39, 0.29) is 24.7 Å². The number of aliphatic hydroxyl groups is 1. The number of rotatable bonds is 10. The van der Waals surface area contributed by atoms with Gasteiger partial charge in [-0.1, -0.05) is 24.3 Å². The van der Waals surface area contributed by atoms with E-state index in [9.17, 15) is 9.90 Å². The van der Waals surface area contributed by atoms with Gasteiger partial charge >= 0.3 is 5.97 Å².